The fraction of sp³-hybridized carbons (Fsp3) is 0.500. The van der Waals surface area contributed by atoms with Gasteiger partial charge in [0, 0.05) is 23.6 Å². The van der Waals surface area contributed by atoms with E-state index in [1.807, 2.05) is 24.1 Å². The van der Waals surface area contributed by atoms with Crippen LogP contribution in [0.1, 0.15) is 23.2 Å². The highest BCUT2D eigenvalue weighted by molar-refractivity contribution is 9.10. The second-order valence-corrected chi connectivity index (χ2v) is 5.58. The van der Waals surface area contributed by atoms with E-state index >= 15 is 0 Å². The normalized spacial score (nSPS) is 18.4. The van der Waals surface area contributed by atoms with Gasteiger partial charge in [0.05, 0.1) is 12.7 Å². The lowest BCUT2D eigenvalue weighted by Crippen LogP contribution is -2.47. The molecular weight excluding hydrogens is 344 g/mol. The van der Waals surface area contributed by atoms with Gasteiger partial charge in [-0.1, -0.05) is 0 Å². The molecule has 0 aliphatic carbocycles. The molecule has 1 fully saturated rings. The van der Waals surface area contributed by atoms with Crippen LogP contribution in [0.5, 0.6) is 5.75 Å². The first-order valence-electron chi connectivity index (χ1n) is 6.45. The summed E-state index contributed by atoms with van der Waals surface area (Å²) in [5.41, 5.74) is 0.663. The number of halogens is 2. The van der Waals surface area contributed by atoms with Crippen molar-refractivity contribution in [3.8, 4) is 5.75 Å². The molecular formula is C14H20BrClN2O2. The number of carbonyl (C=O) groups excluding carboxylic acids is 1. The fourth-order valence-corrected chi connectivity index (χ4v) is 2.78. The first-order chi connectivity index (χ1) is 9.15. The van der Waals surface area contributed by atoms with Gasteiger partial charge in [-0.05, 0) is 54.0 Å². The van der Waals surface area contributed by atoms with Crippen LogP contribution in [-0.2, 0) is 0 Å². The van der Waals surface area contributed by atoms with Gasteiger partial charge in [0.1, 0.15) is 5.75 Å². The zero-order valence-corrected chi connectivity index (χ0v) is 14.1. The first-order valence-corrected chi connectivity index (χ1v) is 7.25. The number of nitrogens with one attached hydrogen (secondary N) is 1. The molecule has 1 unspecified atom stereocenters. The van der Waals surface area contributed by atoms with E-state index in [0.717, 1.165) is 30.4 Å². The molecule has 2 rings (SSSR count). The summed E-state index contributed by atoms with van der Waals surface area (Å²) in [5.74, 6) is 0.763. The Labute approximate surface area is 134 Å². The van der Waals surface area contributed by atoms with Crippen molar-refractivity contribution in [1.29, 1.82) is 0 Å². The summed E-state index contributed by atoms with van der Waals surface area (Å²) >= 11 is 3.44. The second-order valence-electron chi connectivity index (χ2n) is 4.72. The molecule has 1 aromatic carbocycles. The summed E-state index contributed by atoms with van der Waals surface area (Å²) in [6.07, 6.45) is 2.17. The molecule has 1 amide bonds. The number of likely N-dealkylation sites (tertiary alicyclic amines) is 1. The zero-order valence-electron chi connectivity index (χ0n) is 11.7. The Hall–Kier alpha value is -0.780. The molecule has 0 bridgehead atoms. The van der Waals surface area contributed by atoms with E-state index < -0.39 is 0 Å². The molecule has 4 nitrogen and oxygen atoms in total. The maximum absolute atomic E-state index is 12.6. The molecule has 1 saturated heterocycles. The van der Waals surface area contributed by atoms with Crippen molar-refractivity contribution in [1.82, 2.24) is 10.2 Å². The third kappa shape index (κ3) is 3.87. The number of amides is 1. The van der Waals surface area contributed by atoms with Gasteiger partial charge in [0.25, 0.3) is 5.91 Å². The van der Waals surface area contributed by atoms with Crippen molar-refractivity contribution in [2.24, 2.45) is 0 Å². The van der Waals surface area contributed by atoms with Crippen molar-refractivity contribution >= 4 is 34.2 Å². The quantitative estimate of drug-likeness (QED) is 0.898. The number of carbonyl (C=O) groups is 1. The lowest BCUT2D eigenvalue weighted by Gasteiger charge is -2.32. The summed E-state index contributed by atoms with van der Waals surface area (Å²) in [6.45, 7) is 1.58. The number of benzene rings is 1. The van der Waals surface area contributed by atoms with Crippen LogP contribution in [0.15, 0.2) is 22.7 Å². The highest BCUT2D eigenvalue weighted by atomic mass is 79.9. The Bertz CT molecular complexity index is 470. The van der Waals surface area contributed by atoms with Crippen LogP contribution in [0.2, 0.25) is 0 Å². The molecule has 1 aromatic rings. The predicted octanol–water partition coefficient (Wildman–Crippen LogP) is 2.70. The Morgan fingerprint density at radius 3 is 2.90 bits per heavy atom. The second kappa shape index (κ2) is 7.86. The molecule has 0 saturated carbocycles. The number of likely N-dealkylation sites (N-methyl/N-ethyl adjacent to an activating group) is 1. The standard InChI is InChI=1S/C14H19BrN2O2.ClH/c1-16-10-4-3-7-17(9-10)14(18)12-8-11(19-2)5-6-13(12)15;/h5-6,8,10,16H,3-4,7,9H2,1-2H3;1H. The van der Waals surface area contributed by atoms with E-state index in [1.165, 1.54) is 0 Å². The van der Waals surface area contributed by atoms with Crippen molar-refractivity contribution in [2.75, 3.05) is 27.2 Å². The Morgan fingerprint density at radius 1 is 1.50 bits per heavy atom. The summed E-state index contributed by atoms with van der Waals surface area (Å²) in [4.78, 5) is 14.5. The van der Waals surface area contributed by atoms with Gasteiger partial charge < -0.3 is 15.0 Å². The van der Waals surface area contributed by atoms with Crippen LogP contribution in [-0.4, -0.2) is 44.1 Å². The number of ether oxygens (including phenoxy) is 1. The van der Waals surface area contributed by atoms with E-state index in [-0.39, 0.29) is 18.3 Å². The summed E-state index contributed by atoms with van der Waals surface area (Å²) in [5, 5.41) is 3.25. The third-order valence-electron chi connectivity index (χ3n) is 3.52. The van der Waals surface area contributed by atoms with Gasteiger partial charge in [-0.3, -0.25) is 4.79 Å². The van der Waals surface area contributed by atoms with Crippen LogP contribution in [0.3, 0.4) is 0 Å². The molecule has 1 atom stereocenters. The van der Waals surface area contributed by atoms with Crippen molar-refractivity contribution in [2.45, 2.75) is 18.9 Å². The number of nitrogens with zero attached hydrogens (tertiary/aromatic N) is 1. The highest BCUT2D eigenvalue weighted by Crippen LogP contribution is 2.25. The molecule has 6 heteroatoms. The minimum absolute atomic E-state index is 0. The fourth-order valence-electron chi connectivity index (χ4n) is 2.36. The maximum Gasteiger partial charge on any atom is 0.255 e. The molecule has 1 N–H and O–H groups in total. The molecule has 0 spiro atoms. The van der Waals surface area contributed by atoms with Gasteiger partial charge in [-0.15, -0.1) is 12.4 Å². The molecule has 0 aromatic heterocycles. The van der Waals surface area contributed by atoms with E-state index in [0.29, 0.717) is 17.4 Å². The summed E-state index contributed by atoms with van der Waals surface area (Å²) in [7, 11) is 3.55. The van der Waals surface area contributed by atoms with Crippen molar-refractivity contribution < 1.29 is 9.53 Å². The van der Waals surface area contributed by atoms with Gasteiger partial charge >= 0.3 is 0 Å². The van der Waals surface area contributed by atoms with Crippen LogP contribution < -0.4 is 10.1 Å². The minimum Gasteiger partial charge on any atom is -0.497 e. The predicted molar refractivity (Wildman–Crippen MR) is 85.9 cm³/mol. The average Bonchev–Trinajstić information content (AvgIpc) is 2.47. The van der Waals surface area contributed by atoms with Crippen LogP contribution in [0.4, 0.5) is 0 Å². The average molecular weight is 364 g/mol. The third-order valence-corrected chi connectivity index (χ3v) is 4.21. The van der Waals surface area contributed by atoms with Crippen LogP contribution in [0.25, 0.3) is 0 Å². The highest BCUT2D eigenvalue weighted by Gasteiger charge is 2.24. The minimum atomic E-state index is 0. The van der Waals surface area contributed by atoms with E-state index in [2.05, 4.69) is 21.2 Å². The summed E-state index contributed by atoms with van der Waals surface area (Å²) < 4.78 is 6.00. The number of hydrogen-bond donors (Lipinski definition) is 1. The first kappa shape index (κ1) is 17.3. The monoisotopic (exact) mass is 362 g/mol. The van der Waals surface area contributed by atoms with Crippen LogP contribution >= 0.6 is 28.3 Å². The largest absolute Gasteiger partial charge is 0.497 e. The Kier molecular flexibility index (Phi) is 6.79. The molecule has 0 radical (unpaired) electrons. The number of methoxy groups -OCH3 is 1. The SMILES string of the molecule is CNC1CCCN(C(=O)c2cc(OC)ccc2Br)C1.Cl. The van der Waals surface area contributed by atoms with Gasteiger partial charge in [0.2, 0.25) is 0 Å². The van der Waals surface area contributed by atoms with Gasteiger partial charge in [0.15, 0.2) is 0 Å². The van der Waals surface area contributed by atoms with Crippen molar-refractivity contribution in [3.63, 3.8) is 0 Å². The molecule has 1 aliphatic heterocycles. The van der Waals surface area contributed by atoms with Crippen molar-refractivity contribution in [3.05, 3.63) is 28.2 Å². The van der Waals surface area contributed by atoms with Crippen LogP contribution in [0, 0.1) is 0 Å². The number of hydrogen-bond acceptors (Lipinski definition) is 3. The lowest BCUT2D eigenvalue weighted by molar-refractivity contribution is 0.0697. The smallest absolute Gasteiger partial charge is 0.255 e. The van der Waals surface area contributed by atoms with E-state index in [1.54, 1.807) is 13.2 Å². The molecule has 1 aliphatic rings. The topological polar surface area (TPSA) is 41.6 Å². The molecule has 112 valence electrons. The number of rotatable bonds is 3. The van der Waals surface area contributed by atoms with Gasteiger partial charge in [-0.25, -0.2) is 0 Å². The molecule has 20 heavy (non-hydrogen) atoms. The van der Waals surface area contributed by atoms with Gasteiger partial charge in [-0.2, -0.15) is 0 Å². The number of piperidine rings is 1. The van der Waals surface area contributed by atoms with E-state index in [4.69, 9.17) is 4.74 Å². The van der Waals surface area contributed by atoms with E-state index in [9.17, 15) is 4.79 Å². The lowest BCUT2D eigenvalue weighted by atomic mass is 10.0. The zero-order chi connectivity index (χ0) is 13.8. The Balaban J connectivity index is 0.00000200. The maximum atomic E-state index is 12.6. The molecule has 1 heterocycles. The Morgan fingerprint density at radius 2 is 2.25 bits per heavy atom. The summed E-state index contributed by atoms with van der Waals surface area (Å²) in [6, 6.07) is 5.87.